The Morgan fingerprint density at radius 2 is 1.49 bits per heavy atom. The molecule has 0 radical (unpaired) electrons. The normalized spacial score (nSPS) is 16.7. The van der Waals surface area contributed by atoms with Gasteiger partial charge in [-0.2, -0.15) is 15.0 Å². The molecular weight excluding hydrogens is 506 g/mol. The fraction of sp³-hybridized carbons (Fsp3) is 0.407. The lowest BCUT2D eigenvalue weighted by Gasteiger charge is -2.34. The minimum absolute atomic E-state index is 0.143. The van der Waals surface area contributed by atoms with Crippen LogP contribution in [0.25, 0.3) is 17.0 Å². The van der Waals surface area contributed by atoms with Gasteiger partial charge in [0.05, 0.1) is 31.4 Å². The summed E-state index contributed by atoms with van der Waals surface area (Å²) in [6.45, 7) is 3.76. The van der Waals surface area contributed by atoms with Gasteiger partial charge in [0.25, 0.3) is 6.43 Å². The first kappa shape index (κ1) is 25.2. The minimum Gasteiger partial charge on any atom is -0.497 e. The molecule has 0 bridgehead atoms. The van der Waals surface area contributed by atoms with E-state index in [2.05, 4.69) is 20.2 Å². The van der Waals surface area contributed by atoms with Gasteiger partial charge in [-0.1, -0.05) is 12.1 Å². The molecule has 6 rings (SSSR count). The zero-order valence-electron chi connectivity index (χ0n) is 21.6. The molecule has 2 fully saturated rings. The van der Waals surface area contributed by atoms with E-state index in [9.17, 15) is 8.78 Å². The van der Waals surface area contributed by atoms with Crippen molar-refractivity contribution in [3.63, 3.8) is 0 Å². The summed E-state index contributed by atoms with van der Waals surface area (Å²) in [5.41, 5.74) is 2.03. The Morgan fingerprint density at radius 3 is 2.15 bits per heavy atom. The van der Waals surface area contributed by atoms with Crippen LogP contribution < -0.4 is 19.9 Å². The molecule has 4 aromatic rings. The number of fused-ring (bicyclic) bond motifs is 1. The number of aromatic nitrogens is 5. The Bertz CT molecular complexity index is 1420. The second-order valence-electron chi connectivity index (χ2n) is 9.56. The Kier molecular flexibility index (Phi) is 7.10. The third kappa shape index (κ3) is 5.29. The highest BCUT2D eigenvalue weighted by Gasteiger charge is 2.27. The van der Waals surface area contributed by atoms with Crippen molar-refractivity contribution in [3.8, 4) is 11.7 Å². The molecule has 2 aliphatic heterocycles. The molecule has 0 aliphatic carbocycles. The number of halogens is 2. The number of benzene rings is 2. The fourth-order valence-corrected chi connectivity index (χ4v) is 5.04. The first-order valence-corrected chi connectivity index (χ1v) is 13.1. The van der Waals surface area contributed by atoms with E-state index in [-0.39, 0.29) is 17.8 Å². The van der Waals surface area contributed by atoms with Gasteiger partial charge < -0.3 is 24.6 Å². The number of nitrogens with zero attached hydrogens (tertiary/aromatic N) is 7. The Morgan fingerprint density at radius 1 is 0.846 bits per heavy atom. The van der Waals surface area contributed by atoms with E-state index in [1.807, 2.05) is 29.2 Å². The molecule has 4 heterocycles. The second-order valence-corrected chi connectivity index (χ2v) is 9.56. The van der Waals surface area contributed by atoms with Crippen LogP contribution >= 0.6 is 0 Å². The van der Waals surface area contributed by atoms with Crippen molar-refractivity contribution >= 4 is 28.6 Å². The first-order chi connectivity index (χ1) is 19.1. The summed E-state index contributed by atoms with van der Waals surface area (Å²) in [5, 5.41) is 3.59. The maximum absolute atomic E-state index is 14.1. The highest BCUT2D eigenvalue weighted by atomic mass is 19.3. The van der Waals surface area contributed by atoms with E-state index < -0.39 is 6.43 Å². The predicted octanol–water partition coefficient (Wildman–Crippen LogP) is 4.07. The van der Waals surface area contributed by atoms with Crippen molar-refractivity contribution in [3.05, 3.63) is 54.4 Å². The molecule has 10 nitrogen and oxygen atoms in total. The molecule has 0 unspecified atom stereocenters. The molecule has 2 aliphatic rings. The third-order valence-electron chi connectivity index (χ3n) is 7.11. The van der Waals surface area contributed by atoms with Gasteiger partial charge in [-0.25, -0.2) is 13.8 Å². The lowest BCUT2D eigenvalue weighted by atomic mass is 10.0. The van der Waals surface area contributed by atoms with E-state index in [1.165, 1.54) is 4.57 Å². The van der Waals surface area contributed by atoms with Gasteiger partial charge in [-0.05, 0) is 49.2 Å². The van der Waals surface area contributed by atoms with Gasteiger partial charge in [0.1, 0.15) is 5.75 Å². The summed E-state index contributed by atoms with van der Waals surface area (Å²) in [7, 11) is 1.65. The van der Waals surface area contributed by atoms with Crippen LogP contribution in [0.2, 0.25) is 0 Å². The van der Waals surface area contributed by atoms with Crippen LogP contribution in [0.1, 0.15) is 25.1 Å². The Labute approximate surface area is 224 Å². The minimum atomic E-state index is -2.79. The van der Waals surface area contributed by atoms with Crippen LogP contribution in [0.15, 0.2) is 48.5 Å². The number of piperidine rings is 1. The number of nitrogens with one attached hydrogen (secondary N) is 1. The van der Waals surface area contributed by atoms with Gasteiger partial charge in [-0.3, -0.25) is 4.57 Å². The summed E-state index contributed by atoms with van der Waals surface area (Å²) < 4.78 is 40.3. The number of hydrogen-bond donors (Lipinski definition) is 1. The molecule has 12 heteroatoms. The van der Waals surface area contributed by atoms with Gasteiger partial charge >= 0.3 is 0 Å². The monoisotopic (exact) mass is 536 g/mol. The van der Waals surface area contributed by atoms with Crippen LogP contribution in [0.4, 0.5) is 26.4 Å². The van der Waals surface area contributed by atoms with E-state index in [0.717, 1.165) is 24.3 Å². The molecule has 2 aromatic carbocycles. The number of alkyl halides is 2. The van der Waals surface area contributed by atoms with Crippen LogP contribution in [0, 0.1) is 0 Å². The largest absolute Gasteiger partial charge is 0.497 e. The average Bonchev–Trinajstić information content (AvgIpc) is 3.38. The predicted molar refractivity (Wildman–Crippen MR) is 144 cm³/mol. The summed E-state index contributed by atoms with van der Waals surface area (Å²) >= 11 is 0. The van der Waals surface area contributed by atoms with Gasteiger partial charge in [0.2, 0.25) is 17.8 Å². The summed E-state index contributed by atoms with van der Waals surface area (Å²) in [5.74, 6) is 1.50. The molecule has 0 saturated carbocycles. The summed E-state index contributed by atoms with van der Waals surface area (Å²) in [4.78, 5) is 22.5. The van der Waals surface area contributed by atoms with Gasteiger partial charge in [-0.15, -0.1) is 0 Å². The molecular formula is C27H30F2N8O2. The molecule has 1 N–H and O–H groups in total. The highest BCUT2D eigenvalue weighted by molar-refractivity contribution is 5.77. The molecule has 2 aromatic heterocycles. The van der Waals surface area contributed by atoms with Gasteiger partial charge in [0.15, 0.2) is 5.82 Å². The zero-order chi connectivity index (χ0) is 26.8. The van der Waals surface area contributed by atoms with Crippen LogP contribution in [-0.4, -0.2) is 77.0 Å². The molecule has 0 amide bonds. The topological polar surface area (TPSA) is 93.5 Å². The fourth-order valence-electron chi connectivity index (χ4n) is 5.04. The third-order valence-corrected chi connectivity index (χ3v) is 7.11. The zero-order valence-corrected chi connectivity index (χ0v) is 21.6. The van der Waals surface area contributed by atoms with Crippen LogP contribution in [0.5, 0.6) is 5.75 Å². The van der Waals surface area contributed by atoms with Crippen molar-refractivity contribution in [2.24, 2.45) is 0 Å². The van der Waals surface area contributed by atoms with Crippen molar-refractivity contribution in [2.45, 2.75) is 25.3 Å². The maximum atomic E-state index is 14.1. The Balaban J connectivity index is 1.30. The molecule has 39 heavy (non-hydrogen) atoms. The molecule has 204 valence electrons. The van der Waals surface area contributed by atoms with Gasteiger partial charge in [0, 0.05) is 37.9 Å². The van der Waals surface area contributed by atoms with Crippen LogP contribution in [0.3, 0.4) is 0 Å². The number of imidazole rings is 1. The first-order valence-electron chi connectivity index (χ1n) is 13.1. The smallest absolute Gasteiger partial charge is 0.296 e. The number of ether oxygens (including phenoxy) is 2. The van der Waals surface area contributed by atoms with E-state index in [4.69, 9.17) is 19.4 Å². The van der Waals surface area contributed by atoms with Crippen molar-refractivity contribution in [2.75, 3.05) is 61.6 Å². The highest BCUT2D eigenvalue weighted by Crippen LogP contribution is 2.29. The second kappa shape index (κ2) is 11.0. The SMILES string of the molecule is COc1ccc(NC2CCN(c3nc(N4CCOCC4)nc(-n4c(C(F)F)nc5ccccc54)n3)CC2)cc1. The number of hydrogen-bond acceptors (Lipinski definition) is 9. The standard InChI is InChI=1S/C27H30F2N8O2/c1-38-20-8-6-18(7-9-20)30-19-10-12-35(13-11-19)25-32-26(36-14-16-39-17-15-36)34-27(33-25)37-22-5-3-2-4-21(22)31-24(37)23(28)29/h2-9,19,23,30H,10-17H2,1H3. The van der Waals surface area contributed by atoms with E-state index in [1.54, 1.807) is 31.4 Å². The molecule has 2 saturated heterocycles. The maximum Gasteiger partial charge on any atom is 0.296 e. The van der Waals surface area contributed by atoms with Crippen molar-refractivity contribution in [1.29, 1.82) is 0 Å². The van der Waals surface area contributed by atoms with E-state index >= 15 is 0 Å². The van der Waals surface area contributed by atoms with Crippen molar-refractivity contribution in [1.82, 2.24) is 24.5 Å². The van der Waals surface area contributed by atoms with E-state index in [0.29, 0.717) is 62.3 Å². The molecule has 0 atom stereocenters. The van der Waals surface area contributed by atoms with Crippen molar-refractivity contribution < 1.29 is 18.3 Å². The number of methoxy groups -OCH3 is 1. The number of morpholine rings is 1. The number of para-hydroxylation sites is 2. The lowest BCUT2D eigenvalue weighted by Crippen LogP contribution is -2.41. The Hall–Kier alpha value is -4.06. The average molecular weight is 537 g/mol. The number of rotatable bonds is 7. The van der Waals surface area contributed by atoms with Crippen LogP contribution in [-0.2, 0) is 4.74 Å². The lowest BCUT2D eigenvalue weighted by molar-refractivity contribution is 0.122. The summed E-state index contributed by atoms with van der Waals surface area (Å²) in [6.07, 6.45) is -1.05. The number of anilines is 3. The summed E-state index contributed by atoms with van der Waals surface area (Å²) in [6, 6.07) is 15.2. The quantitative estimate of drug-likeness (QED) is 0.375. The molecule has 0 spiro atoms.